The second kappa shape index (κ2) is 16.2. The summed E-state index contributed by atoms with van der Waals surface area (Å²) in [5.41, 5.74) is 0.606. The number of carbonyl (C=O) groups excluding carboxylic acids is 6. The van der Waals surface area contributed by atoms with E-state index in [1.54, 1.807) is 60.7 Å². The molecule has 0 radical (unpaired) electrons. The van der Waals surface area contributed by atoms with E-state index in [0.29, 0.717) is 39.3 Å². The van der Waals surface area contributed by atoms with Crippen LogP contribution < -0.4 is 20.1 Å². The van der Waals surface area contributed by atoms with E-state index < -0.39 is 54.8 Å². The molecule has 266 valence electrons. The second-order valence-corrected chi connectivity index (χ2v) is 11.6. The van der Waals surface area contributed by atoms with Crippen LogP contribution in [-0.2, 0) is 23.9 Å². The van der Waals surface area contributed by atoms with E-state index in [0.717, 1.165) is 6.07 Å². The van der Waals surface area contributed by atoms with Crippen LogP contribution in [0.2, 0.25) is 0 Å². The van der Waals surface area contributed by atoms with E-state index >= 15 is 0 Å². The number of hydrogen-bond acceptors (Lipinski definition) is 10. The minimum absolute atomic E-state index is 0.0407. The molecule has 0 fully saturated rings. The lowest BCUT2D eigenvalue weighted by Crippen LogP contribution is -2.44. The summed E-state index contributed by atoms with van der Waals surface area (Å²) in [4.78, 5) is 77.5. The Kier molecular flexibility index (Phi) is 10.8. The molecule has 0 unspecified atom stereocenters. The molecule has 1 atom stereocenters. The quantitative estimate of drug-likeness (QED) is 0.105. The van der Waals surface area contributed by atoms with Crippen molar-refractivity contribution in [3.05, 3.63) is 144 Å². The zero-order chi connectivity index (χ0) is 37.3. The van der Waals surface area contributed by atoms with Gasteiger partial charge < -0.3 is 29.6 Å². The highest BCUT2D eigenvalue weighted by Gasteiger charge is 2.42. The summed E-state index contributed by atoms with van der Waals surface area (Å²) >= 11 is 0. The highest BCUT2D eigenvalue weighted by atomic mass is 16.5. The van der Waals surface area contributed by atoms with Gasteiger partial charge in [0, 0.05) is 11.4 Å². The summed E-state index contributed by atoms with van der Waals surface area (Å²) < 4.78 is 21.7. The molecule has 13 nitrogen and oxygen atoms in total. The first-order chi connectivity index (χ1) is 25.6. The molecule has 1 aliphatic rings. The van der Waals surface area contributed by atoms with Crippen molar-refractivity contribution in [2.24, 2.45) is 0 Å². The first-order valence-electron chi connectivity index (χ1n) is 16.3. The Labute approximate surface area is 303 Å². The van der Waals surface area contributed by atoms with Crippen molar-refractivity contribution >= 4 is 46.9 Å². The summed E-state index contributed by atoms with van der Waals surface area (Å²) in [6.07, 6.45) is 0. The van der Waals surface area contributed by atoms with Gasteiger partial charge in [-0.15, -0.1) is 0 Å². The van der Waals surface area contributed by atoms with Crippen LogP contribution in [0.5, 0.6) is 23.0 Å². The van der Waals surface area contributed by atoms with Crippen LogP contribution in [0.15, 0.2) is 127 Å². The number of para-hydroxylation sites is 2. The molecule has 53 heavy (non-hydrogen) atoms. The molecule has 5 aromatic rings. The first-order valence-corrected chi connectivity index (χ1v) is 16.3. The van der Waals surface area contributed by atoms with Crippen molar-refractivity contribution in [3.8, 4) is 23.0 Å². The number of amides is 4. The Morgan fingerprint density at radius 2 is 1.02 bits per heavy atom. The average Bonchev–Trinajstić information content (AvgIpc) is 3.43. The van der Waals surface area contributed by atoms with Gasteiger partial charge in [0.2, 0.25) is 0 Å². The lowest BCUT2D eigenvalue weighted by molar-refractivity contribution is -0.150. The Hall–Kier alpha value is -7.28. The van der Waals surface area contributed by atoms with E-state index in [1.807, 2.05) is 48.5 Å². The zero-order valence-corrected chi connectivity index (χ0v) is 28.1. The van der Waals surface area contributed by atoms with E-state index in [-0.39, 0.29) is 16.7 Å². The molecule has 0 saturated carbocycles. The molecule has 6 rings (SSSR count). The number of fused-ring (bicyclic) bond motifs is 1. The number of rotatable bonds is 13. The van der Waals surface area contributed by atoms with Gasteiger partial charge in [-0.2, -0.15) is 0 Å². The summed E-state index contributed by atoms with van der Waals surface area (Å²) in [6, 6.07) is 33.8. The highest BCUT2D eigenvalue weighted by molar-refractivity contribution is 6.23. The van der Waals surface area contributed by atoms with Gasteiger partial charge in [0.15, 0.2) is 13.2 Å². The number of nitrogens with zero attached hydrogens (tertiary/aromatic N) is 1. The number of hydrogen-bond donors (Lipinski definition) is 2. The third-order valence-electron chi connectivity index (χ3n) is 7.80. The number of esters is 2. The molecular weight excluding hydrogens is 682 g/mol. The molecule has 0 spiro atoms. The van der Waals surface area contributed by atoms with Crippen molar-refractivity contribution in [2.45, 2.75) is 13.0 Å². The molecular formula is C40H31N3O10. The van der Waals surface area contributed by atoms with E-state index in [1.165, 1.54) is 19.1 Å². The van der Waals surface area contributed by atoms with Gasteiger partial charge in [-0.25, -0.2) is 9.59 Å². The largest absolute Gasteiger partial charge is 0.457 e. The molecule has 0 bridgehead atoms. The van der Waals surface area contributed by atoms with Gasteiger partial charge in [0.1, 0.15) is 29.0 Å². The molecule has 1 heterocycles. The summed E-state index contributed by atoms with van der Waals surface area (Å²) in [5, 5.41) is 5.20. The van der Waals surface area contributed by atoms with Crippen LogP contribution in [-0.4, -0.2) is 59.7 Å². The maximum absolute atomic E-state index is 13.2. The Bertz CT molecular complexity index is 2160. The van der Waals surface area contributed by atoms with Crippen molar-refractivity contribution in [1.82, 2.24) is 4.90 Å². The smallest absolute Gasteiger partial charge is 0.338 e. The first kappa shape index (κ1) is 35.5. The van der Waals surface area contributed by atoms with Crippen molar-refractivity contribution in [3.63, 3.8) is 0 Å². The van der Waals surface area contributed by atoms with Crippen LogP contribution in [0.1, 0.15) is 38.0 Å². The number of ether oxygens (including phenoxy) is 4. The predicted molar refractivity (Wildman–Crippen MR) is 191 cm³/mol. The van der Waals surface area contributed by atoms with Gasteiger partial charge in [0.05, 0.1) is 16.7 Å². The molecule has 4 amide bonds. The Morgan fingerprint density at radius 1 is 0.566 bits per heavy atom. The second-order valence-electron chi connectivity index (χ2n) is 11.6. The van der Waals surface area contributed by atoms with Crippen LogP contribution in [0, 0.1) is 0 Å². The van der Waals surface area contributed by atoms with Gasteiger partial charge >= 0.3 is 11.9 Å². The van der Waals surface area contributed by atoms with Crippen molar-refractivity contribution in [2.75, 3.05) is 23.8 Å². The molecule has 1 aliphatic heterocycles. The summed E-state index contributed by atoms with van der Waals surface area (Å²) in [5.74, 6) is -2.37. The number of carbonyl (C=O) groups is 6. The number of nitrogens with one attached hydrogen (secondary N) is 2. The Balaban J connectivity index is 0.965. The maximum Gasteiger partial charge on any atom is 0.338 e. The highest BCUT2D eigenvalue weighted by Crippen LogP contribution is 2.27. The number of anilines is 2. The third kappa shape index (κ3) is 8.91. The fourth-order valence-corrected chi connectivity index (χ4v) is 5.17. The fraction of sp³-hybridized carbons (Fsp3) is 0.100. The van der Waals surface area contributed by atoms with Gasteiger partial charge in [-0.05, 0) is 97.9 Å². The minimum atomic E-state index is -1.39. The zero-order valence-electron chi connectivity index (χ0n) is 28.1. The number of benzene rings is 5. The SMILES string of the molecule is C[C@@H](C(=O)OCC(=O)Nc1ccc(Oc2ccccc2)cc1)N1C(=O)c2ccc(C(=O)OCC(=O)Nc3ccc(Oc4ccccc4)cc3)cc2C1=O. The van der Waals surface area contributed by atoms with E-state index in [9.17, 15) is 28.8 Å². The molecule has 13 heteroatoms. The molecule has 2 N–H and O–H groups in total. The van der Waals surface area contributed by atoms with Gasteiger partial charge in [-0.1, -0.05) is 36.4 Å². The molecule has 5 aromatic carbocycles. The number of imide groups is 1. The molecule has 0 saturated heterocycles. The topological polar surface area (TPSA) is 167 Å². The average molecular weight is 714 g/mol. The van der Waals surface area contributed by atoms with Crippen molar-refractivity contribution in [1.29, 1.82) is 0 Å². The van der Waals surface area contributed by atoms with E-state index in [2.05, 4.69) is 10.6 Å². The van der Waals surface area contributed by atoms with Crippen LogP contribution in [0.4, 0.5) is 11.4 Å². The summed E-state index contributed by atoms with van der Waals surface area (Å²) in [6.45, 7) is -0.0151. The van der Waals surface area contributed by atoms with Crippen LogP contribution in [0.25, 0.3) is 0 Å². The minimum Gasteiger partial charge on any atom is -0.457 e. The molecule has 0 aromatic heterocycles. The van der Waals surface area contributed by atoms with Crippen LogP contribution in [0.3, 0.4) is 0 Å². The van der Waals surface area contributed by atoms with Crippen LogP contribution >= 0.6 is 0 Å². The summed E-state index contributed by atoms with van der Waals surface area (Å²) in [7, 11) is 0. The standard InChI is InChI=1S/C40H31N3O10/c1-25(39(48)50-23-35(44)41-27-13-17-31(18-14-27)52-29-8-4-2-5-9-29)43-37(46)33-21-12-26(22-34(33)38(43)47)40(49)51-24-36(45)42-28-15-19-32(20-16-28)53-30-10-6-3-7-11-30/h2-22,25H,23-24H2,1H3,(H,41,44)(H,42,45)/t25-/m0/s1. The third-order valence-corrected chi connectivity index (χ3v) is 7.80. The van der Waals surface area contributed by atoms with Gasteiger partial charge in [0.25, 0.3) is 23.6 Å². The van der Waals surface area contributed by atoms with E-state index in [4.69, 9.17) is 18.9 Å². The maximum atomic E-state index is 13.2. The monoisotopic (exact) mass is 713 g/mol. The normalized spacial score (nSPS) is 12.3. The Morgan fingerprint density at radius 3 is 1.53 bits per heavy atom. The van der Waals surface area contributed by atoms with Crippen molar-refractivity contribution < 1.29 is 47.7 Å². The molecule has 0 aliphatic carbocycles. The predicted octanol–water partition coefficient (Wildman–Crippen LogP) is 6.23. The lowest BCUT2D eigenvalue weighted by Gasteiger charge is -2.20. The fourth-order valence-electron chi connectivity index (χ4n) is 5.17. The van der Waals surface area contributed by atoms with Gasteiger partial charge in [-0.3, -0.25) is 24.1 Å². The lowest BCUT2D eigenvalue weighted by atomic mass is 10.1.